The summed E-state index contributed by atoms with van der Waals surface area (Å²) in [7, 11) is 1.46. The maximum Gasteiger partial charge on any atom is 0.308 e. The molecule has 0 radical (unpaired) electrons. The van der Waals surface area contributed by atoms with Gasteiger partial charge in [-0.2, -0.15) is 5.10 Å². The van der Waals surface area contributed by atoms with Gasteiger partial charge in [-0.3, -0.25) is 14.6 Å². The number of pyridine rings is 1. The summed E-state index contributed by atoms with van der Waals surface area (Å²) in [5.41, 5.74) is 3.31. The molecule has 0 saturated heterocycles. The van der Waals surface area contributed by atoms with Crippen molar-refractivity contribution in [3.63, 3.8) is 0 Å². The number of esters is 1. The summed E-state index contributed by atoms with van der Waals surface area (Å²) in [4.78, 5) is 26.7. The van der Waals surface area contributed by atoms with E-state index in [1.807, 2.05) is 0 Å². The zero-order chi connectivity index (χ0) is 16.7. The first kappa shape index (κ1) is 16.2. The molecule has 1 N–H and O–H groups in total. The van der Waals surface area contributed by atoms with Gasteiger partial charge in [-0.25, -0.2) is 5.43 Å². The molecule has 0 aliphatic carbocycles. The quantitative estimate of drug-likeness (QED) is 0.393. The van der Waals surface area contributed by atoms with E-state index in [1.54, 1.807) is 36.4 Å². The number of aromatic nitrogens is 1. The Balaban J connectivity index is 2.05. The van der Waals surface area contributed by atoms with Crippen LogP contribution in [0.1, 0.15) is 23.0 Å². The average Bonchev–Trinajstić information content (AvgIpc) is 2.56. The van der Waals surface area contributed by atoms with Gasteiger partial charge in [-0.1, -0.05) is 6.07 Å². The fourth-order valence-electron chi connectivity index (χ4n) is 1.72. The van der Waals surface area contributed by atoms with E-state index in [2.05, 4.69) is 15.5 Å². The molecular formula is C16H15N3O4. The van der Waals surface area contributed by atoms with Crippen molar-refractivity contribution in [2.24, 2.45) is 5.10 Å². The third-order valence-electron chi connectivity index (χ3n) is 2.72. The lowest BCUT2D eigenvalue weighted by Gasteiger charge is -2.08. The number of carbonyl (C=O) groups is 2. The molecule has 1 aromatic heterocycles. The maximum atomic E-state index is 11.8. The van der Waals surface area contributed by atoms with E-state index in [0.717, 1.165) is 0 Å². The third-order valence-corrected chi connectivity index (χ3v) is 2.72. The van der Waals surface area contributed by atoms with E-state index in [-0.39, 0.29) is 5.69 Å². The molecule has 0 unspecified atom stereocenters. The Bertz CT molecular complexity index is 729. The highest BCUT2D eigenvalue weighted by atomic mass is 16.6. The standard InChI is InChI=1S/C16H15N3O4/c1-11(20)23-14-7-6-12(9-15(14)22-2)10-18-19-16(21)13-5-3-4-8-17-13/h3-10H,1-2H3,(H,19,21)/b18-10+. The predicted molar refractivity (Wildman–Crippen MR) is 83.6 cm³/mol. The SMILES string of the molecule is COc1cc(/C=N/NC(=O)c2ccccn2)ccc1OC(C)=O. The van der Waals surface area contributed by atoms with Crippen LogP contribution in [-0.2, 0) is 4.79 Å². The van der Waals surface area contributed by atoms with E-state index in [4.69, 9.17) is 9.47 Å². The van der Waals surface area contributed by atoms with Crippen LogP contribution in [0.15, 0.2) is 47.7 Å². The van der Waals surface area contributed by atoms with Gasteiger partial charge in [0.25, 0.3) is 5.91 Å². The Hall–Kier alpha value is -3.22. The second-order valence-corrected chi connectivity index (χ2v) is 4.42. The number of amides is 1. The fraction of sp³-hybridized carbons (Fsp3) is 0.125. The topological polar surface area (TPSA) is 89.9 Å². The summed E-state index contributed by atoms with van der Waals surface area (Å²) in [5, 5.41) is 3.86. The van der Waals surface area contributed by atoms with Crippen LogP contribution >= 0.6 is 0 Å². The second-order valence-electron chi connectivity index (χ2n) is 4.42. The number of carbonyl (C=O) groups excluding carboxylic acids is 2. The molecule has 7 nitrogen and oxygen atoms in total. The third kappa shape index (κ3) is 4.63. The van der Waals surface area contributed by atoms with Crippen LogP contribution in [0.4, 0.5) is 0 Å². The highest BCUT2D eigenvalue weighted by molar-refractivity contribution is 5.93. The molecular weight excluding hydrogens is 298 g/mol. The summed E-state index contributed by atoms with van der Waals surface area (Å²) in [6.07, 6.45) is 2.97. The van der Waals surface area contributed by atoms with Gasteiger partial charge in [0.05, 0.1) is 13.3 Å². The highest BCUT2D eigenvalue weighted by Gasteiger charge is 2.07. The van der Waals surface area contributed by atoms with Gasteiger partial charge in [-0.05, 0) is 35.9 Å². The van der Waals surface area contributed by atoms with Crippen molar-refractivity contribution in [3.8, 4) is 11.5 Å². The molecule has 23 heavy (non-hydrogen) atoms. The normalized spacial score (nSPS) is 10.3. The van der Waals surface area contributed by atoms with Crippen molar-refractivity contribution in [1.82, 2.24) is 10.4 Å². The first-order valence-electron chi connectivity index (χ1n) is 6.71. The molecule has 0 aliphatic heterocycles. The maximum absolute atomic E-state index is 11.8. The lowest BCUT2D eigenvalue weighted by molar-refractivity contribution is -0.132. The number of benzene rings is 1. The number of rotatable bonds is 5. The lowest BCUT2D eigenvalue weighted by Crippen LogP contribution is -2.18. The fourth-order valence-corrected chi connectivity index (χ4v) is 1.72. The number of hydrogen-bond donors (Lipinski definition) is 1. The molecule has 0 aliphatic rings. The van der Waals surface area contributed by atoms with E-state index in [9.17, 15) is 9.59 Å². The van der Waals surface area contributed by atoms with Gasteiger partial charge in [0.2, 0.25) is 0 Å². The molecule has 1 heterocycles. The molecule has 0 spiro atoms. The zero-order valence-corrected chi connectivity index (χ0v) is 12.6. The van der Waals surface area contributed by atoms with Crippen LogP contribution in [0.2, 0.25) is 0 Å². The van der Waals surface area contributed by atoms with Gasteiger partial charge in [0.1, 0.15) is 5.69 Å². The van der Waals surface area contributed by atoms with Gasteiger partial charge in [-0.15, -0.1) is 0 Å². The van der Waals surface area contributed by atoms with Crippen molar-refractivity contribution < 1.29 is 19.1 Å². The number of hydrogen-bond acceptors (Lipinski definition) is 6. The minimum atomic E-state index is -0.438. The van der Waals surface area contributed by atoms with Gasteiger partial charge in [0, 0.05) is 13.1 Å². The minimum Gasteiger partial charge on any atom is -0.493 e. The summed E-state index contributed by atoms with van der Waals surface area (Å²) in [6.45, 7) is 1.31. The van der Waals surface area contributed by atoms with Crippen LogP contribution in [0.3, 0.4) is 0 Å². The van der Waals surface area contributed by atoms with Crippen molar-refractivity contribution >= 4 is 18.1 Å². The molecule has 0 fully saturated rings. The van der Waals surface area contributed by atoms with Crippen molar-refractivity contribution in [1.29, 1.82) is 0 Å². The molecule has 1 amide bonds. The van der Waals surface area contributed by atoms with Crippen LogP contribution in [-0.4, -0.2) is 30.2 Å². The Morgan fingerprint density at radius 2 is 2.04 bits per heavy atom. The largest absolute Gasteiger partial charge is 0.493 e. The Labute approximate surface area is 132 Å². The number of nitrogens with one attached hydrogen (secondary N) is 1. The number of ether oxygens (including phenoxy) is 2. The second kappa shape index (κ2) is 7.69. The van der Waals surface area contributed by atoms with E-state index >= 15 is 0 Å². The molecule has 1 aromatic carbocycles. The minimum absolute atomic E-state index is 0.271. The van der Waals surface area contributed by atoms with Crippen molar-refractivity contribution in [2.45, 2.75) is 6.92 Å². The molecule has 2 rings (SSSR count). The van der Waals surface area contributed by atoms with E-state index in [0.29, 0.717) is 17.1 Å². The Morgan fingerprint density at radius 1 is 1.22 bits per heavy atom. The van der Waals surface area contributed by atoms with Crippen LogP contribution in [0.5, 0.6) is 11.5 Å². The lowest BCUT2D eigenvalue weighted by atomic mass is 10.2. The molecule has 0 saturated carbocycles. The van der Waals surface area contributed by atoms with E-state index < -0.39 is 11.9 Å². The van der Waals surface area contributed by atoms with Crippen LogP contribution in [0.25, 0.3) is 0 Å². The summed E-state index contributed by atoms with van der Waals surface area (Å²) >= 11 is 0. The van der Waals surface area contributed by atoms with Crippen molar-refractivity contribution in [2.75, 3.05) is 7.11 Å². The van der Waals surface area contributed by atoms with Gasteiger partial charge >= 0.3 is 5.97 Å². The molecule has 0 atom stereocenters. The van der Waals surface area contributed by atoms with E-state index in [1.165, 1.54) is 26.4 Å². The zero-order valence-electron chi connectivity index (χ0n) is 12.6. The molecule has 0 bridgehead atoms. The first-order valence-corrected chi connectivity index (χ1v) is 6.71. The summed E-state index contributed by atoms with van der Waals surface area (Å²) < 4.78 is 10.2. The Kier molecular flexibility index (Phi) is 5.40. The van der Waals surface area contributed by atoms with Gasteiger partial charge in [0.15, 0.2) is 11.5 Å². The van der Waals surface area contributed by atoms with Crippen molar-refractivity contribution in [3.05, 3.63) is 53.9 Å². The number of hydrazone groups is 1. The molecule has 2 aromatic rings. The highest BCUT2D eigenvalue weighted by Crippen LogP contribution is 2.27. The molecule has 118 valence electrons. The average molecular weight is 313 g/mol. The summed E-state index contributed by atoms with van der Waals surface area (Å²) in [5.74, 6) is -0.146. The number of methoxy groups -OCH3 is 1. The first-order chi connectivity index (χ1) is 11.1. The number of nitrogens with zero attached hydrogens (tertiary/aromatic N) is 2. The van der Waals surface area contributed by atoms with Crippen LogP contribution in [0, 0.1) is 0 Å². The van der Waals surface area contributed by atoms with Crippen LogP contribution < -0.4 is 14.9 Å². The smallest absolute Gasteiger partial charge is 0.308 e. The monoisotopic (exact) mass is 313 g/mol. The van der Waals surface area contributed by atoms with Gasteiger partial charge < -0.3 is 9.47 Å². The summed E-state index contributed by atoms with van der Waals surface area (Å²) in [6, 6.07) is 9.91. The Morgan fingerprint density at radius 3 is 2.70 bits per heavy atom. The predicted octanol–water partition coefficient (Wildman–Crippen LogP) is 1.78. The molecule has 7 heteroatoms.